The summed E-state index contributed by atoms with van der Waals surface area (Å²) in [5.41, 5.74) is 1.77. The van der Waals surface area contributed by atoms with Gasteiger partial charge in [0.2, 0.25) is 5.88 Å². The van der Waals surface area contributed by atoms with E-state index in [4.69, 9.17) is 4.74 Å². The third-order valence-corrected chi connectivity index (χ3v) is 3.48. The lowest BCUT2D eigenvalue weighted by molar-refractivity contribution is 0.399. The van der Waals surface area contributed by atoms with Crippen LogP contribution >= 0.6 is 0 Å². The summed E-state index contributed by atoms with van der Waals surface area (Å²) in [5.74, 6) is 0.138. The van der Waals surface area contributed by atoms with Crippen molar-refractivity contribution in [1.29, 1.82) is 0 Å². The average molecular weight is 276 g/mol. The minimum Gasteiger partial charge on any atom is -0.481 e. The molecule has 20 heavy (non-hydrogen) atoms. The summed E-state index contributed by atoms with van der Waals surface area (Å²) in [6.07, 6.45) is 2.25. The van der Waals surface area contributed by atoms with E-state index in [1.807, 2.05) is 4.90 Å². The van der Waals surface area contributed by atoms with E-state index >= 15 is 0 Å². The molecule has 0 unspecified atom stereocenters. The molecule has 0 aliphatic carbocycles. The molecule has 1 saturated heterocycles. The van der Waals surface area contributed by atoms with Gasteiger partial charge in [-0.25, -0.2) is 9.37 Å². The maximum atomic E-state index is 14.3. The largest absolute Gasteiger partial charge is 0.481 e. The summed E-state index contributed by atoms with van der Waals surface area (Å²) in [5, 5.41) is 3.31. The number of anilines is 1. The van der Waals surface area contributed by atoms with Crippen molar-refractivity contribution < 1.29 is 9.13 Å². The first-order valence-corrected chi connectivity index (χ1v) is 6.74. The summed E-state index contributed by atoms with van der Waals surface area (Å²) in [6, 6.07) is 3.54. The van der Waals surface area contributed by atoms with E-state index in [1.165, 1.54) is 6.20 Å². The fourth-order valence-corrected chi connectivity index (χ4v) is 2.50. The van der Waals surface area contributed by atoms with Crippen LogP contribution in [0.5, 0.6) is 5.88 Å². The highest BCUT2D eigenvalue weighted by Gasteiger charge is 2.19. The molecular formula is C14H17FN4O. The Bertz CT molecular complexity index is 611. The summed E-state index contributed by atoms with van der Waals surface area (Å²) in [6.45, 7) is 3.36. The summed E-state index contributed by atoms with van der Waals surface area (Å²) < 4.78 is 19.4. The zero-order valence-electron chi connectivity index (χ0n) is 11.4. The van der Waals surface area contributed by atoms with Gasteiger partial charge in [0.1, 0.15) is 11.2 Å². The number of aromatic nitrogens is 2. The maximum absolute atomic E-state index is 14.3. The van der Waals surface area contributed by atoms with Crippen molar-refractivity contribution in [3.63, 3.8) is 0 Å². The molecule has 5 nitrogen and oxygen atoms in total. The predicted octanol–water partition coefficient (Wildman–Crippen LogP) is 1.58. The molecule has 2 aromatic rings. The second-order valence-corrected chi connectivity index (χ2v) is 4.77. The van der Waals surface area contributed by atoms with Crippen molar-refractivity contribution in [2.24, 2.45) is 0 Å². The van der Waals surface area contributed by atoms with Crippen LogP contribution in [0, 0.1) is 5.82 Å². The first kappa shape index (κ1) is 13.1. The molecule has 3 rings (SSSR count). The maximum Gasteiger partial charge on any atom is 0.213 e. The lowest BCUT2D eigenvalue weighted by Crippen LogP contribution is -2.29. The van der Waals surface area contributed by atoms with Crippen LogP contribution in [0.2, 0.25) is 0 Å². The van der Waals surface area contributed by atoms with Crippen molar-refractivity contribution in [2.75, 3.05) is 38.2 Å². The molecule has 1 aliphatic rings. The minimum absolute atomic E-state index is 0.333. The van der Waals surface area contributed by atoms with Gasteiger partial charge in [-0.05, 0) is 19.0 Å². The predicted molar refractivity (Wildman–Crippen MR) is 75.7 cm³/mol. The van der Waals surface area contributed by atoms with Crippen molar-refractivity contribution in [3.8, 4) is 5.88 Å². The number of fused-ring (bicyclic) bond motifs is 1. The molecule has 1 fully saturated rings. The Morgan fingerprint density at radius 2 is 2.20 bits per heavy atom. The van der Waals surface area contributed by atoms with Gasteiger partial charge < -0.3 is 15.0 Å². The van der Waals surface area contributed by atoms with Gasteiger partial charge in [0.05, 0.1) is 18.8 Å². The van der Waals surface area contributed by atoms with Crippen LogP contribution in [0.15, 0.2) is 18.3 Å². The van der Waals surface area contributed by atoms with E-state index in [0.717, 1.165) is 32.6 Å². The molecule has 0 saturated carbocycles. The minimum atomic E-state index is -0.333. The van der Waals surface area contributed by atoms with E-state index < -0.39 is 0 Å². The van der Waals surface area contributed by atoms with Gasteiger partial charge in [0.25, 0.3) is 0 Å². The third-order valence-electron chi connectivity index (χ3n) is 3.48. The summed E-state index contributed by atoms with van der Waals surface area (Å²) in [7, 11) is 1.55. The molecule has 3 heterocycles. The number of nitrogens with one attached hydrogen (secondary N) is 1. The number of hydrogen-bond donors (Lipinski definition) is 1. The van der Waals surface area contributed by atoms with Crippen LogP contribution in [0.1, 0.15) is 6.42 Å². The van der Waals surface area contributed by atoms with Gasteiger partial charge in [0.15, 0.2) is 5.82 Å². The van der Waals surface area contributed by atoms with Crippen molar-refractivity contribution in [1.82, 2.24) is 15.3 Å². The van der Waals surface area contributed by atoms with Gasteiger partial charge in [-0.15, -0.1) is 0 Å². The topological polar surface area (TPSA) is 50.3 Å². The SMILES string of the molecule is COc1ccc2ncc(F)c(N3CCCNCC3)c2n1. The van der Waals surface area contributed by atoms with Crippen LogP contribution in [0.25, 0.3) is 11.0 Å². The highest BCUT2D eigenvalue weighted by Crippen LogP contribution is 2.29. The number of rotatable bonds is 2. The van der Waals surface area contributed by atoms with Gasteiger partial charge in [-0.2, -0.15) is 0 Å². The Morgan fingerprint density at radius 3 is 3.05 bits per heavy atom. The molecule has 0 aromatic carbocycles. The molecule has 1 N–H and O–H groups in total. The Hall–Kier alpha value is -1.95. The number of methoxy groups -OCH3 is 1. The lowest BCUT2D eigenvalue weighted by atomic mass is 10.2. The number of pyridine rings is 2. The van der Waals surface area contributed by atoms with E-state index in [-0.39, 0.29) is 5.82 Å². The van der Waals surface area contributed by atoms with Crippen LogP contribution in [-0.4, -0.2) is 43.3 Å². The molecule has 0 atom stereocenters. The van der Waals surface area contributed by atoms with E-state index in [9.17, 15) is 4.39 Å². The van der Waals surface area contributed by atoms with Crippen molar-refractivity contribution >= 4 is 16.7 Å². The summed E-state index contributed by atoms with van der Waals surface area (Å²) in [4.78, 5) is 10.5. The molecule has 0 spiro atoms. The molecule has 0 bridgehead atoms. The second-order valence-electron chi connectivity index (χ2n) is 4.77. The lowest BCUT2D eigenvalue weighted by Gasteiger charge is -2.23. The molecule has 106 valence electrons. The van der Waals surface area contributed by atoms with Crippen LogP contribution < -0.4 is 15.0 Å². The molecule has 0 radical (unpaired) electrons. The molecule has 1 aliphatic heterocycles. The smallest absolute Gasteiger partial charge is 0.213 e. The zero-order chi connectivity index (χ0) is 13.9. The van der Waals surface area contributed by atoms with Crippen LogP contribution in [0.4, 0.5) is 10.1 Å². The van der Waals surface area contributed by atoms with Gasteiger partial charge in [-0.3, -0.25) is 4.98 Å². The van der Waals surface area contributed by atoms with Gasteiger partial charge in [-0.1, -0.05) is 0 Å². The highest BCUT2D eigenvalue weighted by molar-refractivity contribution is 5.88. The normalized spacial score (nSPS) is 16.2. The molecule has 0 amide bonds. The van der Waals surface area contributed by atoms with E-state index in [1.54, 1.807) is 19.2 Å². The third kappa shape index (κ3) is 2.38. The highest BCUT2D eigenvalue weighted by atomic mass is 19.1. The Morgan fingerprint density at radius 1 is 1.30 bits per heavy atom. The quantitative estimate of drug-likeness (QED) is 0.902. The molecular weight excluding hydrogens is 259 g/mol. The second kappa shape index (κ2) is 5.58. The standard InChI is InChI=1S/C14H17FN4O/c1-20-12-4-3-11-13(18-12)14(10(15)9-17-11)19-7-2-5-16-6-8-19/h3-4,9,16H,2,5-8H2,1H3. The monoisotopic (exact) mass is 276 g/mol. The summed E-state index contributed by atoms with van der Waals surface area (Å²) >= 11 is 0. The number of ether oxygens (including phenoxy) is 1. The van der Waals surface area contributed by atoms with Gasteiger partial charge >= 0.3 is 0 Å². The number of halogens is 1. The fraction of sp³-hybridized carbons (Fsp3) is 0.429. The van der Waals surface area contributed by atoms with Crippen LogP contribution in [-0.2, 0) is 0 Å². The fourth-order valence-electron chi connectivity index (χ4n) is 2.50. The average Bonchev–Trinajstić information content (AvgIpc) is 2.75. The Kier molecular flexibility index (Phi) is 3.64. The Labute approximate surface area is 116 Å². The van der Waals surface area contributed by atoms with Gasteiger partial charge in [0, 0.05) is 25.7 Å². The Balaban J connectivity index is 2.13. The number of hydrogen-bond acceptors (Lipinski definition) is 5. The number of nitrogens with zero attached hydrogens (tertiary/aromatic N) is 3. The van der Waals surface area contributed by atoms with E-state index in [2.05, 4.69) is 15.3 Å². The first-order chi connectivity index (χ1) is 9.79. The molecule has 2 aromatic heterocycles. The first-order valence-electron chi connectivity index (χ1n) is 6.74. The molecule has 6 heteroatoms. The van der Waals surface area contributed by atoms with E-state index in [0.29, 0.717) is 22.6 Å². The zero-order valence-corrected chi connectivity index (χ0v) is 11.4. The van der Waals surface area contributed by atoms with Crippen LogP contribution in [0.3, 0.4) is 0 Å². The van der Waals surface area contributed by atoms with Crippen molar-refractivity contribution in [3.05, 3.63) is 24.1 Å². The van der Waals surface area contributed by atoms with Crippen molar-refractivity contribution in [2.45, 2.75) is 6.42 Å².